The van der Waals surface area contributed by atoms with Gasteiger partial charge in [0, 0.05) is 16.8 Å². The number of hydrogen-bond donors (Lipinski definition) is 4. The van der Waals surface area contributed by atoms with E-state index in [0.29, 0.717) is 27.9 Å². The topological polar surface area (TPSA) is 140 Å². The first-order valence-electron chi connectivity index (χ1n) is 11.8. The second-order valence-electron chi connectivity index (χ2n) is 8.57. The Labute approximate surface area is 225 Å². The molecule has 0 radical (unpaired) electrons. The number of nitrogens with two attached hydrogens (primary N) is 2. The van der Waals surface area contributed by atoms with Crippen LogP contribution in [0.4, 0.5) is 15.8 Å². The molecular weight excluding hydrogens is 517 g/mol. The molecule has 10 heteroatoms. The highest BCUT2D eigenvalue weighted by molar-refractivity contribution is 7.89. The second-order valence-corrected chi connectivity index (χ2v) is 10.1. The molecule has 4 rings (SSSR count). The third-order valence-corrected chi connectivity index (χ3v) is 6.82. The third-order valence-electron chi connectivity index (χ3n) is 5.85. The van der Waals surface area contributed by atoms with E-state index >= 15 is 4.39 Å². The van der Waals surface area contributed by atoms with Gasteiger partial charge in [-0.05, 0) is 60.0 Å². The second kappa shape index (κ2) is 11.7. The van der Waals surface area contributed by atoms with Crippen LogP contribution >= 0.6 is 0 Å². The molecule has 0 spiro atoms. The van der Waals surface area contributed by atoms with Crippen LogP contribution in [0.1, 0.15) is 18.1 Å². The van der Waals surface area contributed by atoms with E-state index < -0.39 is 21.8 Å². The van der Waals surface area contributed by atoms with Gasteiger partial charge in [0.25, 0.3) is 5.91 Å². The molecule has 0 aliphatic carbocycles. The van der Waals surface area contributed by atoms with Gasteiger partial charge in [0.2, 0.25) is 10.0 Å². The predicted molar refractivity (Wildman–Crippen MR) is 153 cm³/mol. The first-order valence-corrected chi connectivity index (χ1v) is 13.3. The van der Waals surface area contributed by atoms with E-state index in [0.717, 1.165) is 5.69 Å². The standard InChI is InChI=1S/C29H26FN5O3S/c1-19(21-8-7-9-22(18-21)28(31)35-34-24-10-3-2-4-11-24)27(30)29(36)33-23-16-14-20(15-17-23)25-12-5-6-13-26(25)39(32,37)38/h2-18,34H,1H3,(H2,31,35)(H,33,36)(H2,32,37,38)/b27-19+. The van der Waals surface area contributed by atoms with Crippen molar-refractivity contribution in [1.82, 2.24) is 0 Å². The Morgan fingerprint density at radius 3 is 2.15 bits per heavy atom. The highest BCUT2D eigenvalue weighted by atomic mass is 32.2. The van der Waals surface area contributed by atoms with Gasteiger partial charge < -0.3 is 11.1 Å². The number of benzene rings is 4. The summed E-state index contributed by atoms with van der Waals surface area (Å²) in [7, 11) is -3.93. The monoisotopic (exact) mass is 543 g/mol. The fourth-order valence-corrected chi connectivity index (χ4v) is 4.54. The molecule has 4 aromatic rings. The Balaban J connectivity index is 1.50. The molecule has 0 aromatic heterocycles. The number of para-hydroxylation sites is 1. The molecule has 8 nitrogen and oxygen atoms in total. The highest BCUT2D eigenvalue weighted by Crippen LogP contribution is 2.28. The number of sulfonamides is 1. The van der Waals surface area contributed by atoms with Crippen LogP contribution in [-0.2, 0) is 14.8 Å². The van der Waals surface area contributed by atoms with Crippen molar-refractivity contribution in [1.29, 1.82) is 0 Å². The average molecular weight is 544 g/mol. The van der Waals surface area contributed by atoms with Gasteiger partial charge in [-0.2, -0.15) is 5.10 Å². The molecule has 6 N–H and O–H groups in total. The lowest BCUT2D eigenvalue weighted by atomic mass is 10.0. The van der Waals surface area contributed by atoms with Crippen LogP contribution in [0.3, 0.4) is 0 Å². The SMILES string of the molecule is C/C(=C(\F)C(=O)Nc1ccc(-c2ccccc2S(N)(=O)=O)cc1)c1cccc(/C(N)=N/Nc2ccccc2)c1. The molecule has 1 amide bonds. The van der Waals surface area contributed by atoms with E-state index in [9.17, 15) is 13.2 Å². The number of allylic oxidation sites excluding steroid dienone is 1. The van der Waals surface area contributed by atoms with Gasteiger partial charge in [0.1, 0.15) is 0 Å². The zero-order chi connectivity index (χ0) is 28.0. The maximum atomic E-state index is 15.1. The maximum absolute atomic E-state index is 15.1. The molecule has 0 saturated heterocycles. The molecular formula is C29H26FN5O3S. The number of hydrazone groups is 1. The van der Waals surface area contributed by atoms with E-state index in [4.69, 9.17) is 10.9 Å². The van der Waals surface area contributed by atoms with Crippen LogP contribution in [0.15, 0.2) is 119 Å². The number of carbonyl (C=O) groups excluding carboxylic acids is 1. The highest BCUT2D eigenvalue weighted by Gasteiger charge is 2.17. The molecule has 0 atom stereocenters. The minimum absolute atomic E-state index is 0.0184. The van der Waals surface area contributed by atoms with Gasteiger partial charge >= 0.3 is 0 Å². The number of rotatable bonds is 8. The van der Waals surface area contributed by atoms with Crippen molar-refractivity contribution in [2.75, 3.05) is 10.7 Å². The zero-order valence-corrected chi connectivity index (χ0v) is 21.7. The normalized spacial score (nSPS) is 12.4. The van der Waals surface area contributed by atoms with Gasteiger partial charge in [-0.3, -0.25) is 10.2 Å². The number of nitrogens with one attached hydrogen (secondary N) is 2. The minimum Gasteiger partial charge on any atom is -0.382 e. The summed E-state index contributed by atoms with van der Waals surface area (Å²) in [6.45, 7) is 1.50. The van der Waals surface area contributed by atoms with Crippen molar-refractivity contribution in [3.63, 3.8) is 0 Å². The number of halogens is 1. The van der Waals surface area contributed by atoms with Crippen molar-refractivity contribution in [2.45, 2.75) is 11.8 Å². The van der Waals surface area contributed by atoms with Crippen molar-refractivity contribution in [2.24, 2.45) is 16.0 Å². The Kier molecular flexibility index (Phi) is 8.18. The third kappa shape index (κ3) is 6.75. The smallest absolute Gasteiger partial charge is 0.284 e. The van der Waals surface area contributed by atoms with Crippen molar-refractivity contribution in [3.8, 4) is 11.1 Å². The molecule has 39 heavy (non-hydrogen) atoms. The number of amides is 1. The molecule has 0 bridgehead atoms. The molecule has 0 unspecified atom stereocenters. The quantitative estimate of drug-likeness (QED) is 0.106. The van der Waals surface area contributed by atoms with E-state index in [1.807, 2.05) is 30.3 Å². The molecule has 0 heterocycles. The van der Waals surface area contributed by atoms with Gasteiger partial charge in [0.15, 0.2) is 11.7 Å². The number of amidine groups is 1. The fourth-order valence-electron chi connectivity index (χ4n) is 3.78. The lowest BCUT2D eigenvalue weighted by molar-refractivity contribution is -0.114. The molecule has 198 valence electrons. The predicted octanol–water partition coefficient (Wildman–Crippen LogP) is 5.07. The average Bonchev–Trinajstić information content (AvgIpc) is 2.95. The molecule has 0 saturated carbocycles. The first kappa shape index (κ1) is 27.2. The fraction of sp³-hybridized carbons (Fsp3) is 0.0345. The summed E-state index contributed by atoms with van der Waals surface area (Å²) in [5, 5.41) is 12.0. The molecule has 0 aliphatic rings. The summed E-state index contributed by atoms with van der Waals surface area (Å²) >= 11 is 0. The van der Waals surface area contributed by atoms with Crippen LogP contribution in [0.5, 0.6) is 0 Å². The van der Waals surface area contributed by atoms with Crippen LogP contribution in [0.25, 0.3) is 16.7 Å². The van der Waals surface area contributed by atoms with Crippen LogP contribution in [0.2, 0.25) is 0 Å². The van der Waals surface area contributed by atoms with Crippen LogP contribution in [-0.4, -0.2) is 20.2 Å². The summed E-state index contributed by atoms with van der Waals surface area (Å²) in [6, 6.07) is 28.7. The lowest BCUT2D eigenvalue weighted by Gasteiger charge is -2.10. The van der Waals surface area contributed by atoms with Crippen LogP contribution < -0.4 is 21.6 Å². The number of anilines is 2. The summed E-state index contributed by atoms with van der Waals surface area (Å²) < 4.78 is 38.9. The van der Waals surface area contributed by atoms with E-state index in [-0.39, 0.29) is 16.3 Å². The van der Waals surface area contributed by atoms with Gasteiger partial charge in [-0.15, -0.1) is 0 Å². The Bertz CT molecular complexity index is 1670. The molecule has 4 aromatic carbocycles. The van der Waals surface area contributed by atoms with Gasteiger partial charge in [0.05, 0.1) is 10.6 Å². The van der Waals surface area contributed by atoms with Gasteiger partial charge in [-0.1, -0.05) is 66.7 Å². The lowest BCUT2D eigenvalue weighted by Crippen LogP contribution is -2.16. The summed E-state index contributed by atoms with van der Waals surface area (Å²) in [4.78, 5) is 12.6. The number of nitrogens with zero attached hydrogens (tertiary/aromatic N) is 1. The zero-order valence-electron chi connectivity index (χ0n) is 20.9. The van der Waals surface area contributed by atoms with Crippen molar-refractivity contribution >= 4 is 38.7 Å². The molecule has 0 aliphatic heterocycles. The Morgan fingerprint density at radius 2 is 1.46 bits per heavy atom. The van der Waals surface area contributed by atoms with Gasteiger partial charge in [-0.25, -0.2) is 17.9 Å². The summed E-state index contributed by atoms with van der Waals surface area (Å²) in [5.41, 5.74) is 12.2. The summed E-state index contributed by atoms with van der Waals surface area (Å²) in [6.07, 6.45) is 0. The number of carbonyl (C=O) groups is 1. The van der Waals surface area contributed by atoms with E-state index in [2.05, 4.69) is 15.8 Å². The van der Waals surface area contributed by atoms with E-state index in [1.54, 1.807) is 66.7 Å². The largest absolute Gasteiger partial charge is 0.382 e. The minimum atomic E-state index is -3.93. The van der Waals surface area contributed by atoms with Crippen LogP contribution in [0, 0.1) is 0 Å². The molecule has 0 fully saturated rings. The van der Waals surface area contributed by atoms with Crippen molar-refractivity contribution < 1.29 is 17.6 Å². The summed E-state index contributed by atoms with van der Waals surface area (Å²) in [5.74, 6) is -1.70. The number of primary sulfonamides is 1. The number of hydrogen-bond acceptors (Lipinski definition) is 5. The first-order chi connectivity index (χ1) is 18.6. The Morgan fingerprint density at radius 1 is 0.821 bits per heavy atom. The Hall–Kier alpha value is -4.80. The maximum Gasteiger partial charge on any atom is 0.284 e. The van der Waals surface area contributed by atoms with E-state index in [1.165, 1.54) is 13.0 Å². The van der Waals surface area contributed by atoms with Crippen molar-refractivity contribution in [3.05, 3.63) is 120 Å².